The molecule has 0 fully saturated rings. The van der Waals surface area contributed by atoms with Crippen molar-refractivity contribution < 1.29 is 22.4 Å². The lowest BCUT2D eigenvalue weighted by atomic mass is 10.00. The van der Waals surface area contributed by atoms with E-state index in [1.165, 1.54) is 6.20 Å². The van der Waals surface area contributed by atoms with Crippen molar-refractivity contribution in [1.29, 1.82) is 0 Å². The van der Waals surface area contributed by atoms with E-state index in [4.69, 9.17) is 5.73 Å². The monoisotopic (exact) mass is 284 g/mol. The first-order valence-corrected chi connectivity index (χ1v) is 5.41. The summed E-state index contributed by atoms with van der Waals surface area (Å²) in [5, 5.41) is 0. The topological polar surface area (TPSA) is 56.0 Å². The summed E-state index contributed by atoms with van der Waals surface area (Å²) in [5.74, 6) is -1.84. The van der Waals surface area contributed by atoms with Crippen molar-refractivity contribution in [3.63, 3.8) is 0 Å². The van der Waals surface area contributed by atoms with Gasteiger partial charge in [-0.1, -0.05) is 0 Å². The maximum absolute atomic E-state index is 13.4. The maximum Gasteiger partial charge on any atom is 0.416 e. The zero-order valence-electron chi connectivity index (χ0n) is 9.91. The fraction of sp³-hybridized carbons (Fsp3) is 0.0769. The van der Waals surface area contributed by atoms with Crippen LogP contribution in [0.25, 0.3) is 0 Å². The molecule has 0 saturated carbocycles. The molecule has 0 aliphatic carbocycles. The number of benzene rings is 1. The van der Waals surface area contributed by atoms with Crippen LogP contribution in [-0.4, -0.2) is 10.8 Å². The van der Waals surface area contributed by atoms with Gasteiger partial charge in [-0.15, -0.1) is 0 Å². The number of carbonyl (C=O) groups is 1. The van der Waals surface area contributed by atoms with Crippen LogP contribution in [0.15, 0.2) is 36.7 Å². The molecule has 0 saturated heterocycles. The van der Waals surface area contributed by atoms with E-state index in [1.807, 2.05) is 0 Å². The van der Waals surface area contributed by atoms with Gasteiger partial charge in [0.2, 0.25) is 0 Å². The number of rotatable bonds is 2. The molecule has 0 spiro atoms. The van der Waals surface area contributed by atoms with Gasteiger partial charge in [-0.05, 0) is 24.3 Å². The number of nitrogen functional groups attached to an aromatic ring is 1. The second kappa shape index (κ2) is 4.92. The molecule has 1 aromatic heterocycles. The molecule has 7 heteroatoms. The van der Waals surface area contributed by atoms with Crippen molar-refractivity contribution in [2.45, 2.75) is 6.18 Å². The van der Waals surface area contributed by atoms with Gasteiger partial charge in [0, 0.05) is 17.4 Å². The quantitative estimate of drug-likeness (QED) is 0.524. The van der Waals surface area contributed by atoms with Gasteiger partial charge in [-0.2, -0.15) is 13.2 Å². The number of halogens is 4. The predicted octanol–water partition coefficient (Wildman–Crippen LogP) is 3.05. The largest absolute Gasteiger partial charge is 0.416 e. The standard InChI is InChI=1S/C13H8F4N2O/c14-10-6-19-4-3-8(10)12(20)9-5-7(13(15,16)17)1-2-11(9)18/h1-6H,18H2. The summed E-state index contributed by atoms with van der Waals surface area (Å²) in [4.78, 5) is 15.5. The van der Waals surface area contributed by atoms with Crippen LogP contribution in [0.3, 0.4) is 0 Å². The summed E-state index contributed by atoms with van der Waals surface area (Å²) in [7, 11) is 0. The lowest BCUT2D eigenvalue weighted by molar-refractivity contribution is -0.137. The molecule has 2 N–H and O–H groups in total. The Morgan fingerprint density at radius 1 is 1.15 bits per heavy atom. The van der Waals surface area contributed by atoms with Crippen molar-refractivity contribution in [2.24, 2.45) is 0 Å². The Bertz CT molecular complexity index is 668. The van der Waals surface area contributed by atoms with Gasteiger partial charge in [-0.25, -0.2) is 4.39 Å². The van der Waals surface area contributed by atoms with Crippen LogP contribution >= 0.6 is 0 Å². The number of hydrogen-bond donors (Lipinski definition) is 1. The fourth-order valence-electron chi connectivity index (χ4n) is 1.63. The van der Waals surface area contributed by atoms with Crippen molar-refractivity contribution in [3.8, 4) is 0 Å². The third-order valence-corrected chi connectivity index (χ3v) is 2.64. The van der Waals surface area contributed by atoms with Crippen LogP contribution in [-0.2, 0) is 6.18 Å². The zero-order valence-corrected chi connectivity index (χ0v) is 9.91. The van der Waals surface area contributed by atoms with Gasteiger partial charge in [0.1, 0.15) is 0 Å². The molecule has 0 aliphatic heterocycles. The zero-order chi connectivity index (χ0) is 14.9. The van der Waals surface area contributed by atoms with E-state index in [9.17, 15) is 22.4 Å². The van der Waals surface area contributed by atoms with Gasteiger partial charge in [0.25, 0.3) is 0 Å². The molecule has 1 aromatic carbocycles. The Hall–Kier alpha value is -2.44. The number of nitrogens with zero attached hydrogens (tertiary/aromatic N) is 1. The number of carbonyl (C=O) groups excluding carboxylic acids is 1. The van der Waals surface area contributed by atoms with Crippen LogP contribution in [0.2, 0.25) is 0 Å². The summed E-state index contributed by atoms with van der Waals surface area (Å²) in [6, 6.07) is 3.42. The molecule has 2 aromatic rings. The van der Waals surface area contributed by atoms with E-state index in [0.29, 0.717) is 6.07 Å². The minimum Gasteiger partial charge on any atom is -0.398 e. The van der Waals surface area contributed by atoms with E-state index < -0.39 is 28.9 Å². The average molecular weight is 284 g/mol. The molecule has 0 unspecified atom stereocenters. The molecular formula is C13H8F4N2O. The normalized spacial score (nSPS) is 11.4. The third-order valence-electron chi connectivity index (χ3n) is 2.64. The SMILES string of the molecule is Nc1ccc(C(F)(F)F)cc1C(=O)c1ccncc1F. The molecule has 0 amide bonds. The maximum atomic E-state index is 13.4. The molecule has 104 valence electrons. The number of alkyl halides is 3. The van der Waals surface area contributed by atoms with Gasteiger partial charge < -0.3 is 5.73 Å². The van der Waals surface area contributed by atoms with E-state index in [0.717, 1.165) is 24.4 Å². The van der Waals surface area contributed by atoms with Gasteiger partial charge in [0.05, 0.1) is 17.3 Å². The van der Waals surface area contributed by atoms with E-state index in [2.05, 4.69) is 4.98 Å². The smallest absolute Gasteiger partial charge is 0.398 e. The second-order valence-corrected chi connectivity index (χ2v) is 3.98. The Balaban J connectivity index is 2.53. The first kappa shape index (κ1) is 14.0. The molecule has 1 heterocycles. The Morgan fingerprint density at radius 3 is 2.45 bits per heavy atom. The Labute approximate surface area is 111 Å². The van der Waals surface area contributed by atoms with Crippen LogP contribution in [0.5, 0.6) is 0 Å². The number of nitrogens with two attached hydrogens (primary N) is 1. The fourth-order valence-corrected chi connectivity index (χ4v) is 1.63. The lowest BCUT2D eigenvalue weighted by Gasteiger charge is -2.10. The van der Waals surface area contributed by atoms with Crippen molar-refractivity contribution in [1.82, 2.24) is 4.98 Å². The summed E-state index contributed by atoms with van der Waals surface area (Å²) in [5.41, 5.74) is 3.54. The highest BCUT2D eigenvalue weighted by molar-refractivity contribution is 6.12. The Kier molecular flexibility index (Phi) is 3.44. The van der Waals surface area contributed by atoms with Crippen molar-refractivity contribution in [2.75, 3.05) is 5.73 Å². The highest BCUT2D eigenvalue weighted by atomic mass is 19.4. The molecule has 0 atom stereocenters. The molecule has 0 aliphatic rings. The minimum absolute atomic E-state index is 0.154. The van der Waals surface area contributed by atoms with Crippen LogP contribution in [0.1, 0.15) is 21.5 Å². The summed E-state index contributed by atoms with van der Waals surface area (Å²) in [6.07, 6.45) is -2.64. The highest BCUT2D eigenvalue weighted by Crippen LogP contribution is 2.32. The lowest BCUT2D eigenvalue weighted by Crippen LogP contribution is -2.11. The Morgan fingerprint density at radius 2 is 1.85 bits per heavy atom. The van der Waals surface area contributed by atoms with E-state index >= 15 is 0 Å². The molecule has 0 bridgehead atoms. The minimum atomic E-state index is -4.61. The number of aromatic nitrogens is 1. The van der Waals surface area contributed by atoms with Gasteiger partial charge in [-0.3, -0.25) is 9.78 Å². The number of anilines is 1. The van der Waals surface area contributed by atoms with Crippen LogP contribution in [0, 0.1) is 5.82 Å². The van der Waals surface area contributed by atoms with Crippen LogP contribution < -0.4 is 5.73 Å². The molecule has 20 heavy (non-hydrogen) atoms. The third kappa shape index (κ3) is 2.61. The molecule has 3 nitrogen and oxygen atoms in total. The van der Waals surface area contributed by atoms with E-state index in [1.54, 1.807) is 0 Å². The second-order valence-electron chi connectivity index (χ2n) is 3.98. The summed E-state index contributed by atoms with van der Waals surface area (Å²) >= 11 is 0. The van der Waals surface area contributed by atoms with Crippen molar-refractivity contribution >= 4 is 11.5 Å². The summed E-state index contributed by atoms with van der Waals surface area (Å²) in [6.45, 7) is 0. The van der Waals surface area contributed by atoms with Gasteiger partial charge in [0.15, 0.2) is 11.6 Å². The molecule has 2 rings (SSSR count). The van der Waals surface area contributed by atoms with Crippen LogP contribution in [0.4, 0.5) is 23.2 Å². The summed E-state index contributed by atoms with van der Waals surface area (Å²) < 4.78 is 51.3. The molecule has 0 radical (unpaired) electrons. The van der Waals surface area contributed by atoms with Gasteiger partial charge >= 0.3 is 6.18 Å². The average Bonchev–Trinajstić information content (AvgIpc) is 2.37. The van der Waals surface area contributed by atoms with Crippen molar-refractivity contribution in [3.05, 3.63) is 59.2 Å². The van der Waals surface area contributed by atoms with E-state index in [-0.39, 0.29) is 11.3 Å². The first-order chi connectivity index (χ1) is 9.30. The number of hydrogen-bond acceptors (Lipinski definition) is 3. The predicted molar refractivity (Wildman–Crippen MR) is 63.5 cm³/mol. The molecular weight excluding hydrogens is 276 g/mol. The number of pyridine rings is 1. The highest BCUT2D eigenvalue weighted by Gasteiger charge is 2.31. The first-order valence-electron chi connectivity index (χ1n) is 5.41. The number of ketones is 1.